The Morgan fingerprint density at radius 2 is 1.66 bits per heavy atom. The minimum absolute atomic E-state index is 0.0437. The van der Waals surface area contributed by atoms with Crippen molar-refractivity contribution < 1.29 is 33.7 Å². The Balaban J connectivity index is 1.11. The lowest BCUT2D eigenvalue weighted by atomic mass is 9.98. The van der Waals surface area contributed by atoms with E-state index in [2.05, 4.69) is 24.3 Å². The summed E-state index contributed by atoms with van der Waals surface area (Å²) in [5.41, 5.74) is 4.59. The molecule has 0 saturated carbocycles. The Morgan fingerprint density at radius 3 is 2.34 bits per heavy atom. The van der Waals surface area contributed by atoms with Gasteiger partial charge in [0.15, 0.2) is 12.4 Å². The van der Waals surface area contributed by atoms with Gasteiger partial charge in [-0.2, -0.15) is 0 Å². The van der Waals surface area contributed by atoms with Gasteiger partial charge in [-0.15, -0.1) is 0 Å². The van der Waals surface area contributed by atoms with Gasteiger partial charge in [-0.05, 0) is 35.1 Å². The van der Waals surface area contributed by atoms with Crippen LogP contribution in [0.4, 0.5) is 4.79 Å². The second-order valence-electron chi connectivity index (χ2n) is 9.40. The monoisotopic (exact) mass is 478 g/mol. The fourth-order valence-corrected chi connectivity index (χ4v) is 5.75. The molecule has 4 aliphatic rings. The number of amides is 2. The molecule has 0 spiro atoms. The third kappa shape index (κ3) is 3.75. The topological polar surface area (TPSA) is 106 Å². The zero-order valence-electron chi connectivity index (χ0n) is 19.0. The number of likely N-dealkylation sites (tertiary alicyclic amines) is 1. The van der Waals surface area contributed by atoms with Crippen molar-refractivity contribution in [3.8, 4) is 11.1 Å². The Morgan fingerprint density at radius 1 is 0.971 bits per heavy atom. The first-order chi connectivity index (χ1) is 17.0. The Labute approximate surface area is 202 Å². The molecule has 35 heavy (non-hydrogen) atoms. The van der Waals surface area contributed by atoms with Gasteiger partial charge in [-0.1, -0.05) is 48.5 Å². The molecule has 3 fully saturated rings. The smallest absolute Gasteiger partial charge is 0.410 e. The predicted octanol–water partition coefficient (Wildman–Crippen LogP) is 2.44. The normalized spacial score (nSPS) is 27.0. The summed E-state index contributed by atoms with van der Waals surface area (Å²) < 4.78 is 17.3. The van der Waals surface area contributed by atoms with Crippen LogP contribution < -0.4 is 0 Å². The van der Waals surface area contributed by atoms with E-state index in [9.17, 15) is 19.5 Å². The largest absolute Gasteiger partial charge is 0.480 e. The van der Waals surface area contributed by atoms with Crippen LogP contribution in [0.25, 0.3) is 11.1 Å². The van der Waals surface area contributed by atoms with Gasteiger partial charge in [-0.3, -0.25) is 4.79 Å². The third-order valence-electron chi connectivity index (χ3n) is 7.39. The molecule has 2 aromatic rings. The number of hydrogen-bond donors (Lipinski definition) is 1. The highest BCUT2D eigenvalue weighted by Crippen LogP contribution is 2.44. The number of fused-ring (bicyclic) bond motifs is 5. The highest BCUT2D eigenvalue weighted by atomic mass is 16.7. The number of carbonyl (C=O) groups excluding carboxylic acids is 2. The van der Waals surface area contributed by atoms with Crippen molar-refractivity contribution in [3.05, 3.63) is 59.7 Å². The van der Waals surface area contributed by atoms with Gasteiger partial charge in [0.2, 0.25) is 0 Å². The first-order valence-corrected chi connectivity index (χ1v) is 12.0. The molecule has 3 aliphatic heterocycles. The number of carboxylic acids is 1. The lowest BCUT2D eigenvalue weighted by molar-refractivity contribution is -0.153. The fourth-order valence-electron chi connectivity index (χ4n) is 5.75. The first kappa shape index (κ1) is 22.1. The summed E-state index contributed by atoms with van der Waals surface area (Å²) in [5, 5.41) is 9.41. The summed E-state index contributed by atoms with van der Waals surface area (Å²) in [6, 6.07) is 15.4. The van der Waals surface area contributed by atoms with Crippen LogP contribution in [0.15, 0.2) is 48.5 Å². The zero-order chi connectivity index (χ0) is 24.1. The number of morpholine rings is 1. The van der Waals surface area contributed by atoms with Crippen LogP contribution in [0, 0.1) is 0 Å². The van der Waals surface area contributed by atoms with Crippen LogP contribution >= 0.6 is 0 Å². The van der Waals surface area contributed by atoms with Gasteiger partial charge >= 0.3 is 12.1 Å². The van der Waals surface area contributed by atoms with E-state index in [1.807, 2.05) is 24.3 Å². The van der Waals surface area contributed by atoms with E-state index in [0.717, 1.165) is 22.3 Å². The van der Waals surface area contributed by atoms with Crippen LogP contribution in [-0.4, -0.2) is 83.7 Å². The third-order valence-corrected chi connectivity index (χ3v) is 7.39. The van der Waals surface area contributed by atoms with Crippen molar-refractivity contribution in [1.29, 1.82) is 0 Å². The molecule has 2 bridgehead atoms. The Bertz CT molecular complexity index is 1140. The molecule has 2 amide bonds. The Kier molecular flexibility index (Phi) is 5.46. The van der Waals surface area contributed by atoms with Crippen LogP contribution in [0.2, 0.25) is 0 Å². The van der Waals surface area contributed by atoms with Crippen molar-refractivity contribution >= 4 is 18.0 Å². The molecule has 182 valence electrons. The molecular formula is C26H26N2O7. The molecule has 6 rings (SSSR count). The zero-order valence-corrected chi connectivity index (χ0v) is 19.0. The van der Waals surface area contributed by atoms with Gasteiger partial charge < -0.3 is 29.1 Å². The second kappa shape index (κ2) is 8.66. The predicted molar refractivity (Wildman–Crippen MR) is 123 cm³/mol. The standard InChI is InChI=1S/C26H26N2O7/c29-24(28-11-5-10-20(28)25(30)31)23-21-12-27(13-22(34-21)35-23)26(32)33-14-19-17-8-3-1-6-15(17)16-7-2-4-9-18(16)19/h1-4,6-9,19-23H,5,10-14H2,(H,30,31)/t20-,21-,22-,23+/m0/s1. The van der Waals surface area contributed by atoms with Crippen molar-refractivity contribution in [2.75, 3.05) is 26.2 Å². The number of hydrogen-bond acceptors (Lipinski definition) is 6. The van der Waals surface area contributed by atoms with Crippen LogP contribution in [0.1, 0.15) is 29.9 Å². The lowest BCUT2D eigenvalue weighted by Gasteiger charge is -2.31. The van der Waals surface area contributed by atoms with E-state index in [-0.39, 0.29) is 25.6 Å². The highest BCUT2D eigenvalue weighted by Gasteiger charge is 2.50. The molecule has 0 unspecified atom stereocenters. The van der Waals surface area contributed by atoms with Gasteiger partial charge in [0.25, 0.3) is 5.91 Å². The molecular weight excluding hydrogens is 452 g/mol. The Hall–Kier alpha value is -3.43. The van der Waals surface area contributed by atoms with Crippen molar-refractivity contribution in [3.63, 3.8) is 0 Å². The van der Waals surface area contributed by atoms with E-state index in [1.54, 1.807) is 0 Å². The van der Waals surface area contributed by atoms with E-state index in [1.165, 1.54) is 9.80 Å². The van der Waals surface area contributed by atoms with Crippen LogP contribution in [0.3, 0.4) is 0 Å². The molecule has 2 aromatic carbocycles. The maximum absolute atomic E-state index is 13.0. The number of ether oxygens (including phenoxy) is 3. The number of carbonyl (C=O) groups is 3. The quantitative estimate of drug-likeness (QED) is 0.720. The molecule has 4 atom stereocenters. The van der Waals surface area contributed by atoms with Gasteiger partial charge in [0.1, 0.15) is 18.8 Å². The maximum atomic E-state index is 13.0. The molecule has 3 saturated heterocycles. The van der Waals surface area contributed by atoms with Crippen molar-refractivity contribution in [1.82, 2.24) is 9.80 Å². The van der Waals surface area contributed by atoms with E-state index in [4.69, 9.17) is 14.2 Å². The summed E-state index contributed by atoms with van der Waals surface area (Å²) >= 11 is 0. The van der Waals surface area contributed by atoms with Crippen LogP contribution in [-0.2, 0) is 23.8 Å². The molecule has 9 nitrogen and oxygen atoms in total. The number of carboxylic acid groups (broad SMARTS) is 1. The van der Waals surface area contributed by atoms with E-state index >= 15 is 0 Å². The summed E-state index contributed by atoms with van der Waals surface area (Å²) in [6.45, 7) is 0.883. The van der Waals surface area contributed by atoms with Gasteiger partial charge in [0.05, 0.1) is 13.1 Å². The SMILES string of the molecule is O=C(O)[C@@H]1CCCN1C(=O)[C@@H]1O[C@H]2CN(C(=O)OCC3c4ccccc4-c4ccccc43)C[C@@H]1O2. The van der Waals surface area contributed by atoms with Gasteiger partial charge in [-0.25, -0.2) is 9.59 Å². The minimum atomic E-state index is -1.02. The number of nitrogens with zero attached hydrogens (tertiary/aromatic N) is 2. The molecule has 1 N–H and O–H groups in total. The molecule has 0 radical (unpaired) electrons. The van der Waals surface area contributed by atoms with E-state index in [0.29, 0.717) is 19.4 Å². The number of aliphatic carboxylic acids is 1. The second-order valence-corrected chi connectivity index (χ2v) is 9.40. The fraction of sp³-hybridized carbons (Fsp3) is 0.423. The number of rotatable bonds is 4. The van der Waals surface area contributed by atoms with Crippen molar-refractivity contribution in [2.24, 2.45) is 0 Å². The minimum Gasteiger partial charge on any atom is -0.480 e. The summed E-state index contributed by atoms with van der Waals surface area (Å²) in [7, 11) is 0. The molecule has 0 aromatic heterocycles. The molecule has 3 heterocycles. The number of benzene rings is 2. The lowest BCUT2D eigenvalue weighted by Crippen LogP contribution is -2.51. The summed E-state index contributed by atoms with van der Waals surface area (Å²) in [6.07, 6.45) is -1.74. The van der Waals surface area contributed by atoms with Crippen molar-refractivity contribution in [2.45, 2.75) is 43.3 Å². The van der Waals surface area contributed by atoms with Crippen LogP contribution in [0.5, 0.6) is 0 Å². The summed E-state index contributed by atoms with van der Waals surface area (Å²) in [4.78, 5) is 40.4. The molecule has 1 aliphatic carbocycles. The average molecular weight is 479 g/mol. The van der Waals surface area contributed by atoms with Gasteiger partial charge in [0, 0.05) is 12.5 Å². The maximum Gasteiger partial charge on any atom is 0.410 e. The molecule has 9 heteroatoms. The summed E-state index contributed by atoms with van der Waals surface area (Å²) in [5.74, 6) is -1.45. The first-order valence-electron chi connectivity index (χ1n) is 12.0. The van der Waals surface area contributed by atoms with E-state index < -0.39 is 42.5 Å². The average Bonchev–Trinajstić information content (AvgIpc) is 3.56. The highest BCUT2D eigenvalue weighted by molar-refractivity contribution is 5.87.